The summed E-state index contributed by atoms with van der Waals surface area (Å²) in [6.45, 7) is 13.2. The molecule has 0 spiro atoms. The van der Waals surface area contributed by atoms with Crippen molar-refractivity contribution >= 4 is 11.7 Å². The average Bonchev–Trinajstić information content (AvgIpc) is 2.55. The molecule has 0 heterocycles. The van der Waals surface area contributed by atoms with Crippen molar-refractivity contribution < 1.29 is 11.0 Å². The highest BCUT2D eigenvalue weighted by Gasteiger charge is 2.06. The molecule has 0 aliphatic rings. The molecular formula is C21H45NO2. The SMILES string of the molecule is CC.CC(C)CCCNC(=O)CCCCCCCCC(=O)C(C)C.[HH]. The number of hydrogen-bond acceptors (Lipinski definition) is 2. The van der Waals surface area contributed by atoms with E-state index in [-0.39, 0.29) is 13.3 Å². The van der Waals surface area contributed by atoms with E-state index in [0.29, 0.717) is 18.1 Å². The first-order chi connectivity index (χ1) is 11.4. The number of unbranched alkanes of at least 4 members (excludes halogenated alkanes) is 5. The maximum absolute atomic E-state index is 11.6. The van der Waals surface area contributed by atoms with Crippen molar-refractivity contribution in [3.8, 4) is 0 Å². The Labute approximate surface area is 152 Å². The zero-order valence-corrected chi connectivity index (χ0v) is 17.2. The van der Waals surface area contributed by atoms with E-state index in [9.17, 15) is 9.59 Å². The third-order valence-electron chi connectivity index (χ3n) is 4.00. The van der Waals surface area contributed by atoms with E-state index >= 15 is 0 Å². The van der Waals surface area contributed by atoms with Crippen molar-refractivity contribution in [3.05, 3.63) is 0 Å². The maximum Gasteiger partial charge on any atom is 0.219 e. The van der Waals surface area contributed by atoms with E-state index in [1.165, 1.54) is 19.3 Å². The molecule has 0 atom stereocenters. The van der Waals surface area contributed by atoms with Gasteiger partial charge >= 0.3 is 0 Å². The summed E-state index contributed by atoms with van der Waals surface area (Å²) in [5, 5.41) is 3.00. The highest BCUT2D eigenvalue weighted by molar-refractivity contribution is 5.80. The average molecular weight is 344 g/mol. The van der Waals surface area contributed by atoms with Crippen LogP contribution in [0.4, 0.5) is 0 Å². The number of carbonyl (C=O) groups excluding carboxylic acids is 2. The zero-order valence-electron chi connectivity index (χ0n) is 17.2. The molecule has 0 aliphatic heterocycles. The van der Waals surface area contributed by atoms with Crippen molar-refractivity contribution in [2.75, 3.05) is 6.54 Å². The van der Waals surface area contributed by atoms with Crippen LogP contribution < -0.4 is 5.32 Å². The van der Waals surface area contributed by atoms with Crippen LogP contribution in [0, 0.1) is 11.8 Å². The molecule has 0 bridgehead atoms. The molecule has 24 heavy (non-hydrogen) atoms. The molecule has 0 saturated carbocycles. The topological polar surface area (TPSA) is 46.2 Å². The van der Waals surface area contributed by atoms with Gasteiger partial charge in [0.25, 0.3) is 0 Å². The van der Waals surface area contributed by atoms with E-state index in [0.717, 1.165) is 45.1 Å². The number of nitrogens with one attached hydrogen (secondary N) is 1. The Bertz CT molecular complexity index is 304. The molecule has 1 amide bonds. The fourth-order valence-corrected chi connectivity index (χ4v) is 2.41. The first-order valence-corrected chi connectivity index (χ1v) is 10.2. The Kier molecular flexibility index (Phi) is 19.5. The molecule has 0 fully saturated rings. The second-order valence-corrected chi connectivity index (χ2v) is 7.13. The molecule has 0 saturated heterocycles. The molecule has 0 aromatic rings. The van der Waals surface area contributed by atoms with Crippen molar-refractivity contribution in [1.29, 1.82) is 0 Å². The van der Waals surface area contributed by atoms with Crippen LogP contribution in [-0.2, 0) is 9.59 Å². The number of rotatable bonds is 14. The highest BCUT2D eigenvalue weighted by Crippen LogP contribution is 2.10. The second-order valence-electron chi connectivity index (χ2n) is 7.13. The summed E-state index contributed by atoms with van der Waals surface area (Å²) in [6, 6.07) is 0. The lowest BCUT2D eigenvalue weighted by molar-refractivity contribution is -0.122. The van der Waals surface area contributed by atoms with Gasteiger partial charge in [0.05, 0.1) is 0 Å². The van der Waals surface area contributed by atoms with Crippen LogP contribution >= 0.6 is 0 Å². The second kappa shape index (κ2) is 18.5. The van der Waals surface area contributed by atoms with Gasteiger partial charge in [0, 0.05) is 26.7 Å². The summed E-state index contributed by atoms with van der Waals surface area (Å²) in [5.41, 5.74) is 0. The minimum Gasteiger partial charge on any atom is -0.356 e. The minimum atomic E-state index is 0. The van der Waals surface area contributed by atoms with Crippen molar-refractivity contribution in [2.24, 2.45) is 11.8 Å². The molecule has 0 aliphatic carbocycles. The summed E-state index contributed by atoms with van der Waals surface area (Å²) in [7, 11) is 0. The van der Waals surface area contributed by atoms with Crippen LogP contribution in [0.5, 0.6) is 0 Å². The van der Waals surface area contributed by atoms with Crippen LogP contribution in [-0.4, -0.2) is 18.2 Å². The van der Waals surface area contributed by atoms with Crippen LogP contribution in [0.3, 0.4) is 0 Å². The van der Waals surface area contributed by atoms with Crippen molar-refractivity contribution in [1.82, 2.24) is 5.32 Å². The monoisotopic (exact) mass is 343 g/mol. The number of carbonyl (C=O) groups is 2. The van der Waals surface area contributed by atoms with Gasteiger partial charge in [-0.1, -0.05) is 67.2 Å². The Morgan fingerprint density at radius 1 is 0.792 bits per heavy atom. The standard InChI is InChI=1S/C19H37NO2.C2H6.H2/c1-16(2)12-11-15-20-19(22)14-10-8-6-5-7-9-13-18(21)17(3)4;1-2;/h16-17H,5-15H2,1-4H3,(H,20,22);1-2H3;1H. The van der Waals surface area contributed by atoms with Gasteiger partial charge < -0.3 is 5.32 Å². The van der Waals surface area contributed by atoms with Crippen LogP contribution in [0.25, 0.3) is 0 Å². The molecule has 0 unspecified atom stereocenters. The first kappa shape index (κ1) is 25.4. The number of Topliss-reactive ketones (excluding diaryl/α,β-unsaturated/α-hetero) is 1. The van der Waals surface area contributed by atoms with Gasteiger partial charge in [-0.15, -0.1) is 0 Å². The maximum atomic E-state index is 11.6. The number of ketones is 1. The van der Waals surface area contributed by atoms with Crippen LogP contribution in [0.2, 0.25) is 0 Å². The first-order valence-electron chi connectivity index (χ1n) is 10.2. The Hall–Kier alpha value is -0.860. The lowest BCUT2D eigenvalue weighted by Crippen LogP contribution is -2.24. The Balaban J connectivity index is -0.00000155. The fraction of sp³-hybridized carbons (Fsp3) is 0.905. The van der Waals surface area contributed by atoms with Gasteiger partial charge in [-0.3, -0.25) is 9.59 Å². The molecule has 0 aromatic heterocycles. The predicted octanol–water partition coefficient (Wildman–Crippen LogP) is 6.16. The zero-order chi connectivity index (χ0) is 18.8. The predicted molar refractivity (Wildman–Crippen MR) is 107 cm³/mol. The lowest BCUT2D eigenvalue weighted by Gasteiger charge is -2.07. The third kappa shape index (κ3) is 19.2. The molecular weight excluding hydrogens is 298 g/mol. The Morgan fingerprint density at radius 3 is 1.79 bits per heavy atom. The van der Waals surface area contributed by atoms with E-state index in [1.54, 1.807) is 0 Å². The largest absolute Gasteiger partial charge is 0.356 e. The van der Waals surface area contributed by atoms with Gasteiger partial charge in [-0.2, -0.15) is 0 Å². The van der Waals surface area contributed by atoms with E-state index < -0.39 is 0 Å². The van der Waals surface area contributed by atoms with Crippen molar-refractivity contribution in [3.63, 3.8) is 0 Å². The van der Waals surface area contributed by atoms with Gasteiger partial charge in [0.15, 0.2) is 0 Å². The minimum absolute atomic E-state index is 0. The van der Waals surface area contributed by atoms with Crippen LogP contribution in [0.1, 0.15) is 107 Å². The Morgan fingerprint density at radius 2 is 1.29 bits per heavy atom. The fourth-order valence-electron chi connectivity index (χ4n) is 2.41. The van der Waals surface area contributed by atoms with Gasteiger partial charge in [0.1, 0.15) is 5.78 Å². The summed E-state index contributed by atoms with van der Waals surface area (Å²) >= 11 is 0. The highest BCUT2D eigenvalue weighted by atomic mass is 16.1. The van der Waals surface area contributed by atoms with E-state index in [1.807, 2.05) is 27.7 Å². The molecule has 0 aromatic carbocycles. The molecule has 3 heteroatoms. The van der Waals surface area contributed by atoms with Gasteiger partial charge in [-0.05, 0) is 31.6 Å². The smallest absolute Gasteiger partial charge is 0.219 e. The lowest BCUT2D eigenvalue weighted by atomic mass is 10.0. The third-order valence-corrected chi connectivity index (χ3v) is 4.00. The summed E-state index contributed by atoms with van der Waals surface area (Å²) < 4.78 is 0. The van der Waals surface area contributed by atoms with Gasteiger partial charge in [0.2, 0.25) is 5.91 Å². The molecule has 146 valence electrons. The van der Waals surface area contributed by atoms with E-state index in [4.69, 9.17) is 0 Å². The van der Waals surface area contributed by atoms with Crippen molar-refractivity contribution in [2.45, 2.75) is 106 Å². The molecule has 0 radical (unpaired) electrons. The van der Waals surface area contributed by atoms with Gasteiger partial charge in [-0.25, -0.2) is 0 Å². The summed E-state index contributed by atoms with van der Waals surface area (Å²) in [5.74, 6) is 1.48. The normalized spacial score (nSPS) is 10.5. The number of amides is 1. The quantitative estimate of drug-likeness (QED) is 0.384. The molecule has 0 rings (SSSR count). The molecule has 3 nitrogen and oxygen atoms in total. The van der Waals surface area contributed by atoms with E-state index in [2.05, 4.69) is 19.2 Å². The molecule has 1 N–H and O–H groups in total. The van der Waals surface area contributed by atoms with Crippen LogP contribution in [0.15, 0.2) is 0 Å². The number of hydrogen-bond donors (Lipinski definition) is 1. The summed E-state index contributed by atoms with van der Waals surface area (Å²) in [6.07, 6.45) is 10.3. The summed E-state index contributed by atoms with van der Waals surface area (Å²) in [4.78, 5) is 23.1.